The molecule has 0 spiro atoms. The maximum Gasteiger partial charge on any atom is 0.147 e. The van der Waals surface area contributed by atoms with Crippen LogP contribution in [-0.2, 0) is 0 Å². The lowest BCUT2D eigenvalue weighted by Gasteiger charge is -1.93. The number of aromatic nitrogens is 2. The molecule has 0 amide bonds. The second-order valence-electron chi connectivity index (χ2n) is 1.55. The Kier molecular flexibility index (Phi) is 1.44. The van der Waals surface area contributed by atoms with Gasteiger partial charge in [0, 0.05) is 18.6 Å². The van der Waals surface area contributed by atoms with Crippen LogP contribution in [0.5, 0.6) is 0 Å². The summed E-state index contributed by atoms with van der Waals surface area (Å²) in [6.07, 6.45) is 6.31. The minimum atomic E-state index is 0.340. The van der Waals surface area contributed by atoms with Gasteiger partial charge in [0.05, 0.1) is 6.20 Å². The zero-order valence-corrected chi connectivity index (χ0v) is 4.91. The highest BCUT2D eigenvalue weighted by molar-refractivity contribution is 5.14. The predicted molar refractivity (Wildman–Crippen MR) is 34.5 cm³/mol. The molecule has 0 saturated carbocycles. The van der Waals surface area contributed by atoms with E-state index in [0.717, 1.165) is 0 Å². The molecule has 0 aromatic carbocycles. The van der Waals surface area contributed by atoms with Crippen LogP contribution < -0.4 is 5.49 Å². The van der Waals surface area contributed by atoms with Gasteiger partial charge in [-0.25, -0.2) is 0 Å². The molecule has 0 radical (unpaired) electrons. The lowest BCUT2D eigenvalue weighted by atomic mass is 10.7. The first-order chi connectivity index (χ1) is 4.34. The van der Waals surface area contributed by atoms with Gasteiger partial charge in [0.2, 0.25) is 0 Å². The summed E-state index contributed by atoms with van der Waals surface area (Å²) in [4.78, 5) is 3.74. The Balaban J connectivity index is 3.32. The van der Waals surface area contributed by atoms with E-state index in [-0.39, 0.29) is 0 Å². The predicted octanol–water partition coefficient (Wildman–Crippen LogP) is 0.463. The van der Waals surface area contributed by atoms with Gasteiger partial charge in [0.25, 0.3) is 0 Å². The third-order valence-corrected chi connectivity index (χ3v) is 0.985. The van der Waals surface area contributed by atoms with Gasteiger partial charge < -0.3 is 4.57 Å². The number of hydrogen-bond donors (Lipinski definition) is 1. The van der Waals surface area contributed by atoms with Crippen molar-refractivity contribution < 1.29 is 0 Å². The fourth-order valence-electron chi connectivity index (χ4n) is 0.530. The Bertz CT molecular complexity index is 261. The van der Waals surface area contributed by atoms with Gasteiger partial charge in [-0.2, -0.15) is 0 Å². The molecule has 0 aliphatic heterocycles. The van der Waals surface area contributed by atoms with E-state index in [4.69, 9.17) is 5.41 Å². The summed E-state index contributed by atoms with van der Waals surface area (Å²) in [6.45, 7) is 3.51. The van der Waals surface area contributed by atoms with Crippen LogP contribution in [0.3, 0.4) is 0 Å². The highest BCUT2D eigenvalue weighted by atomic mass is 15.0. The van der Waals surface area contributed by atoms with Crippen molar-refractivity contribution >= 4 is 6.20 Å². The third-order valence-electron chi connectivity index (χ3n) is 0.985. The lowest BCUT2D eigenvalue weighted by Crippen LogP contribution is -2.13. The number of nitrogens with zero attached hydrogens (tertiary/aromatic N) is 2. The van der Waals surface area contributed by atoms with E-state index >= 15 is 0 Å². The van der Waals surface area contributed by atoms with Gasteiger partial charge in [-0.05, 0) is 0 Å². The van der Waals surface area contributed by atoms with Crippen molar-refractivity contribution in [2.75, 3.05) is 0 Å². The van der Waals surface area contributed by atoms with Crippen LogP contribution in [-0.4, -0.2) is 9.55 Å². The van der Waals surface area contributed by atoms with Gasteiger partial charge in [0.1, 0.15) is 5.49 Å². The Labute approximate surface area is 52.8 Å². The van der Waals surface area contributed by atoms with Crippen LogP contribution in [0.2, 0.25) is 0 Å². The van der Waals surface area contributed by atoms with Crippen molar-refractivity contribution in [2.24, 2.45) is 0 Å². The van der Waals surface area contributed by atoms with Crippen molar-refractivity contribution in [1.29, 1.82) is 5.41 Å². The lowest BCUT2D eigenvalue weighted by molar-refractivity contribution is 0.940. The molecule has 1 rings (SSSR count). The van der Waals surface area contributed by atoms with E-state index < -0.39 is 0 Å². The molecule has 1 heterocycles. The summed E-state index contributed by atoms with van der Waals surface area (Å²) in [7, 11) is 0. The van der Waals surface area contributed by atoms with Crippen molar-refractivity contribution in [3.63, 3.8) is 0 Å². The second-order valence-corrected chi connectivity index (χ2v) is 1.55. The topological polar surface area (TPSA) is 41.7 Å². The molecular formula is C6H7N3. The number of hydrogen-bond acceptors (Lipinski definition) is 2. The van der Waals surface area contributed by atoms with E-state index in [1.807, 2.05) is 0 Å². The maximum absolute atomic E-state index is 7.20. The molecule has 1 aromatic rings. The van der Waals surface area contributed by atoms with Gasteiger partial charge in [-0.1, -0.05) is 6.58 Å². The van der Waals surface area contributed by atoms with Crippen LogP contribution in [0.25, 0.3) is 6.20 Å². The summed E-state index contributed by atoms with van der Waals surface area (Å²) in [5.74, 6) is 0. The molecule has 46 valence electrons. The summed E-state index contributed by atoms with van der Waals surface area (Å²) >= 11 is 0. The summed E-state index contributed by atoms with van der Waals surface area (Å²) in [5, 5.41) is 7.20. The largest absolute Gasteiger partial charge is 0.307 e. The summed E-state index contributed by atoms with van der Waals surface area (Å²) in [6, 6.07) is 0. The van der Waals surface area contributed by atoms with Gasteiger partial charge >= 0.3 is 0 Å². The Hall–Kier alpha value is -1.38. The zero-order valence-electron chi connectivity index (χ0n) is 4.91. The molecule has 3 nitrogen and oxygen atoms in total. The Morgan fingerprint density at radius 3 is 3.00 bits per heavy atom. The van der Waals surface area contributed by atoms with Crippen molar-refractivity contribution in [3.8, 4) is 0 Å². The third kappa shape index (κ3) is 1.05. The molecule has 0 saturated heterocycles. The first kappa shape index (κ1) is 5.75. The summed E-state index contributed by atoms with van der Waals surface area (Å²) in [5.41, 5.74) is 0.340. The van der Waals surface area contributed by atoms with E-state index in [0.29, 0.717) is 5.49 Å². The van der Waals surface area contributed by atoms with Crippen LogP contribution in [0.1, 0.15) is 0 Å². The molecule has 1 aromatic heterocycles. The molecule has 0 atom stereocenters. The Morgan fingerprint density at radius 1 is 1.78 bits per heavy atom. The number of rotatable bonds is 1. The monoisotopic (exact) mass is 121 g/mol. The summed E-state index contributed by atoms with van der Waals surface area (Å²) < 4.78 is 1.58. The highest BCUT2D eigenvalue weighted by Gasteiger charge is 1.79. The normalized spacial score (nSPS) is 8.89. The SMILES string of the molecule is C=Cn1ccncc1=N. The average molecular weight is 121 g/mol. The first-order valence-electron chi connectivity index (χ1n) is 2.54. The average Bonchev–Trinajstić information content (AvgIpc) is 1.89. The minimum absolute atomic E-state index is 0.340. The molecule has 0 fully saturated rings. The van der Waals surface area contributed by atoms with E-state index in [2.05, 4.69) is 11.6 Å². The zero-order chi connectivity index (χ0) is 6.69. The molecule has 0 unspecified atom stereocenters. The molecule has 9 heavy (non-hydrogen) atoms. The van der Waals surface area contributed by atoms with Crippen LogP contribution in [0, 0.1) is 5.41 Å². The smallest absolute Gasteiger partial charge is 0.147 e. The van der Waals surface area contributed by atoms with Crippen LogP contribution >= 0.6 is 0 Å². The molecular weight excluding hydrogens is 114 g/mol. The standard InChI is InChI=1S/C6H7N3/c1-2-9-4-3-8-5-6(9)7/h2-5,7H,1H2. The van der Waals surface area contributed by atoms with Crippen molar-refractivity contribution in [3.05, 3.63) is 30.7 Å². The fourth-order valence-corrected chi connectivity index (χ4v) is 0.530. The molecule has 0 aliphatic carbocycles. The highest BCUT2D eigenvalue weighted by Crippen LogP contribution is 1.74. The van der Waals surface area contributed by atoms with Crippen molar-refractivity contribution in [2.45, 2.75) is 0 Å². The fraction of sp³-hybridized carbons (Fsp3) is 0. The van der Waals surface area contributed by atoms with Gasteiger partial charge in [0.15, 0.2) is 0 Å². The number of nitrogens with one attached hydrogen (secondary N) is 1. The second kappa shape index (κ2) is 2.26. The quantitative estimate of drug-likeness (QED) is 0.576. The van der Waals surface area contributed by atoms with Crippen LogP contribution in [0.15, 0.2) is 25.2 Å². The maximum atomic E-state index is 7.20. The van der Waals surface area contributed by atoms with E-state index in [1.54, 1.807) is 23.2 Å². The van der Waals surface area contributed by atoms with E-state index in [9.17, 15) is 0 Å². The molecule has 3 heteroatoms. The van der Waals surface area contributed by atoms with Gasteiger partial charge in [-0.3, -0.25) is 10.4 Å². The van der Waals surface area contributed by atoms with Gasteiger partial charge in [-0.15, -0.1) is 0 Å². The van der Waals surface area contributed by atoms with Crippen LogP contribution in [0.4, 0.5) is 0 Å². The first-order valence-corrected chi connectivity index (χ1v) is 2.54. The molecule has 0 aliphatic rings. The van der Waals surface area contributed by atoms with Crippen molar-refractivity contribution in [1.82, 2.24) is 9.55 Å². The minimum Gasteiger partial charge on any atom is -0.307 e. The van der Waals surface area contributed by atoms with E-state index in [1.165, 1.54) is 6.20 Å². The Morgan fingerprint density at radius 2 is 2.56 bits per heavy atom. The molecule has 1 N–H and O–H groups in total. The molecule has 0 bridgehead atoms.